The van der Waals surface area contributed by atoms with Crippen LogP contribution in [0, 0.1) is 6.92 Å². The van der Waals surface area contributed by atoms with Gasteiger partial charge in [-0.25, -0.2) is 0 Å². The number of aliphatic hydroxyl groups is 1. The van der Waals surface area contributed by atoms with E-state index in [1.807, 2.05) is 13.0 Å². The van der Waals surface area contributed by atoms with Crippen molar-refractivity contribution < 1.29 is 9.90 Å². The summed E-state index contributed by atoms with van der Waals surface area (Å²) in [6, 6.07) is 5.48. The third-order valence-electron chi connectivity index (χ3n) is 2.43. The fourth-order valence-electron chi connectivity index (χ4n) is 1.46. The highest BCUT2D eigenvalue weighted by molar-refractivity contribution is 9.10. The minimum atomic E-state index is -0.0975. The lowest BCUT2D eigenvalue weighted by Gasteiger charge is -2.20. The molecule has 0 fully saturated rings. The minimum absolute atomic E-state index is 0.0490. The first kappa shape index (κ1) is 13.9. The predicted molar refractivity (Wildman–Crippen MR) is 72.1 cm³/mol. The molecule has 0 radical (unpaired) electrons. The summed E-state index contributed by atoms with van der Waals surface area (Å²) in [5, 5.41) is 8.92. The van der Waals surface area contributed by atoms with Crippen molar-refractivity contribution in [2.24, 2.45) is 0 Å². The van der Waals surface area contributed by atoms with Gasteiger partial charge in [0, 0.05) is 23.1 Å². The van der Waals surface area contributed by atoms with Crippen molar-refractivity contribution in [2.45, 2.75) is 6.92 Å². The second kappa shape index (κ2) is 6.57. The molecule has 1 aromatic rings. The summed E-state index contributed by atoms with van der Waals surface area (Å²) >= 11 is 3.40. The van der Waals surface area contributed by atoms with E-state index in [0.717, 1.165) is 10.0 Å². The number of rotatable bonds is 5. The van der Waals surface area contributed by atoms with Crippen molar-refractivity contribution in [3.63, 3.8) is 0 Å². The summed E-state index contributed by atoms with van der Waals surface area (Å²) < 4.78 is 0.908. The summed E-state index contributed by atoms with van der Waals surface area (Å²) in [6.07, 6.45) is 1.65. The van der Waals surface area contributed by atoms with Crippen LogP contribution in [-0.4, -0.2) is 35.6 Å². The smallest absolute Gasteiger partial charge is 0.254 e. The number of halogens is 1. The summed E-state index contributed by atoms with van der Waals surface area (Å²) in [6.45, 7) is 6.27. The molecule has 4 heteroatoms. The van der Waals surface area contributed by atoms with Gasteiger partial charge in [0.25, 0.3) is 5.91 Å². The average Bonchev–Trinajstić information content (AvgIpc) is 2.31. The topological polar surface area (TPSA) is 40.5 Å². The SMILES string of the molecule is C=CCN(CCO)C(=O)c1ccc(C)c(Br)c1. The lowest BCUT2D eigenvalue weighted by Crippen LogP contribution is -2.33. The van der Waals surface area contributed by atoms with Crippen molar-refractivity contribution in [1.29, 1.82) is 0 Å². The molecule has 17 heavy (non-hydrogen) atoms. The molecule has 0 saturated heterocycles. The third-order valence-corrected chi connectivity index (χ3v) is 3.28. The van der Waals surface area contributed by atoms with E-state index in [9.17, 15) is 4.79 Å². The van der Waals surface area contributed by atoms with E-state index >= 15 is 0 Å². The molecule has 0 bridgehead atoms. The van der Waals surface area contributed by atoms with Crippen LogP contribution < -0.4 is 0 Å². The Morgan fingerprint density at radius 3 is 2.82 bits per heavy atom. The molecule has 1 amide bonds. The Labute approximate surface area is 110 Å². The minimum Gasteiger partial charge on any atom is -0.395 e. The third kappa shape index (κ3) is 3.68. The number of carbonyl (C=O) groups excluding carboxylic acids is 1. The molecule has 1 N–H and O–H groups in total. The van der Waals surface area contributed by atoms with Crippen molar-refractivity contribution in [3.05, 3.63) is 46.5 Å². The number of benzene rings is 1. The number of hydrogen-bond acceptors (Lipinski definition) is 2. The highest BCUT2D eigenvalue weighted by Gasteiger charge is 2.14. The van der Waals surface area contributed by atoms with Crippen LogP contribution in [0.25, 0.3) is 0 Å². The van der Waals surface area contributed by atoms with Crippen molar-refractivity contribution in [3.8, 4) is 0 Å². The molecule has 0 atom stereocenters. The van der Waals surface area contributed by atoms with Crippen LogP contribution in [0.1, 0.15) is 15.9 Å². The number of aliphatic hydroxyl groups excluding tert-OH is 1. The molecule has 1 rings (SSSR count). The van der Waals surface area contributed by atoms with Crippen LogP contribution in [0.3, 0.4) is 0 Å². The van der Waals surface area contributed by atoms with Crippen molar-refractivity contribution in [2.75, 3.05) is 19.7 Å². The fourth-order valence-corrected chi connectivity index (χ4v) is 1.84. The molecular formula is C13H16BrNO2. The van der Waals surface area contributed by atoms with Gasteiger partial charge in [-0.05, 0) is 24.6 Å². The van der Waals surface area contributed by atoms with Crippen molar-refractivity contribution >= 4 is 21.8 Å². The van der Waals surface area contributed by atoms with Gasteiger partial charge in [-0.15, -0.1) is 6.58 Å². The van der Waals surface area contributed by atoms with Gasteiger partial charge in [0.2, 0.25) is 0 Å². The Balaban J connectivity index is 2.92. The number of carbonyl (C=O) groups is 1. The van der Waals surface area contributed by atoms with E-state index in [2.05, 4.69) is 22.5 Å². The van der Waals surface area contributed by atoms with Gasteiger partial charge >= 0.3 is 0 Å². The highest BCUT2D eigenvalue weighted by atomic mass is 79.9. The van der Waals surface area contributed by atoms with Gasteiger partial charge < -0.3 is 10.0 Å². The molecule has 92 valence electrons. The Morgan fingerprint density at radius 1 is 1.59 bits per heavy atom. The molecule has 0 aliphatic carbocycles. The second-order valence-electron chi connectivity index (χ2n) is 3.73. The lowest BCUT2D eigenvalue weighted by molar-refractivity contribution is 0.0743. The number of hydrogen-bond donors (Lipinski definition) is 1. The van der Waals surface area contributed by atoms with E-state index in [1.165, 1.54) is 0 Å². The van der Waals surface area contributed by atoms with Crippen LogP contribution in [0.4, 0.5) is 0 Å². The summed E-state index contributed by atoms with van der Waals surface area (Å²) in [5.41, 5.74) is 1.69. The molecule has 3 nitrogen and oxygen atoms in total. The molecular weight excluding hydrogens is 282 g/mol. The zero-order chi connectivity index (χ0) is 12.8. The van der Waals surface area contributed by atoms with Crippen LogP contribution in [0.5, 0.6) is 0 Å². The largest absolute Gasteiger partial charge is 0.395 e. The van der Waals surface area contributed by atoms with Gasteiger partial charge in [0.15, 0.2) is 0 Å². The summed E-state index contributed by atoms with van der Waals surface area (Å²) in [7, 11) is 0. The van der Waals surface area contributed by atoms with Crippen LogP contribution in [0.15, 0.2) is 35.3 Å². The van der Waals surface area contributed by atoms with Crippen LogP contribution in [0.2, 0.25) is 0 Å². The quantitative estimate of drug-likeness (QED) is 0.848. The van der Waals surface area contributed by atoms with Gasteiger partial charge in [0.1, 0.15) is 0 Å². The van der Waals surface area contributed by atoms with E-state index in [-0.39, 0.29) is 12.5 Å². The first-order valence-corrected chi connectivity index (χ1v) is 6.16. The number of nitrogens with zero attached hydrogens (tertiary/aromatic N) is 1. The Kier molecular flexibility index (Phi) is 5.38. The molecule has 0 aromatic heterocycles. The molecule has 0 spiro atoms. The molecule has 0 aliphatic rings. The van der Waals surface area contributed by atoms with E-state index in [0.29, 0.717) is 18.7 Å². The number of amides is 1. The standard InChI is InChI=1S/C13H16BrNO2/c1-3-6-15(7-8-16)13(17)11-5-4-10(2)12(14)9-11/h3-5,9,16H,1,6-8H2,2H3. The van der Waals surface area contributed by atoms with E-state index in [4.69, 9.17) is 5.11 Å². The highest BCUT2D eigenvalue weighted by Crippen LogP contribution is 2.18. The van der Waals surface area contributed by atoms with Gasteiger partial charge in [-0.1, -0.05) is 28.1 Å². The van der Waals surface area contributed by atoms with Gasteiger partial charge in [0.05, 0.1) is 6.61 Å². The second-order valence-corrected chi connectivity index (χ2v) is 4.58. The molecule has 0 saturated carbocycles. The zero-order valence-electron chi connectivity index (χ0n) is 9.82. The Bertz CT molecular complexity index is 418. The first-order chi connectivity index (χ1) is 8.10. The molecule has 0 unspecified atom stereocenters. The van der Waals surface area contributed by atoms with Gasteiger partial charge in [-0.3, -0.25) is 4.79 Å². The normalized spacial score (nSPS) is 10.1. The predicted octanol–water partition coefficient (Wildman–Crippen LogP) is 2.38. The van der Waals surface area contributed by atoms with Crippen LogP contribution >= 0.6 is 15.9 Å². The molecule has 0 aliphatic heterocycles. The zero-order valence-corrected chi connectivity index (χ0v) is 11.4. The fraction of sp³-hybridized carbons (Fsp3) is 0.308. The van der Waals surface area contributed by atoms with Gasteiger partial charge in [-0.2, -0.15) is 0 Å². The molecule has 1 aromatic carbocycles. The maximum atomic E-state index is 12.1. The summed E-state index contributed by atoms with van der Waals surface area (Å²) in [4.78, 5) is 13.7. The van der Waals surface area contributed by atoms with Crippen LogP contribution in [-0.2, 0) is 0 Å². The number of aryl methyl sites for hydroxylation is 1. The summed E-state index contributed by atoms with van der Waals surface area (Å²) in [5.74, 6) is -0.0975. The van der Waals surface area contributed by atoms with E-state index in [1.54, 1.807) is 23.1 Å². The van der Waals surface area contributed by atoms with Crippen molar-refractivity contribution in [1.82, 2.24) is 4.90 Å². The Morgan fingerprint density at radius 2 is 2.29 bits per heavy atom. The monoisotopic (exact) mass is 297 g/mol. The maximum Gasteiger partial charge on any atom is 0.254 e. The first-order valence-electron chi connectivity index (χ1n) is 5.37. The Hall–Kier alpha value is -1.13. The maximum absolute atomic E-state index is 12.1. The molecule has 0 heterocycles. The lowest BCUT2D eigenvalue weighted by atomic mass is 10.1. The average molecular weight is 298 g/mol. The van der Waals surface area contributed by atoms with E-state index < -0.39 is 0 Å².